The number of amides is 2. The smallest absolute Gasteiger partial charge is 0.315 e. The van der Waals surface area contributed by atoms with E-state index in [1.165, 1.54) is 12.1 Å². The number of nitrogens with zero attached hydrogens (tertiary/aromatic N) is 1. The zero-order chi connectivity index (χ0) is 18.8. The van der Waals surface area contributed by atoms with E-state index in [0.29, 0.717) is 13.0 Å². The van der Waals surface area contributed by atoms with Gasteiger partial charge in [0.05, 0.1) is 6.04 Å². The summed E-state index contributed by atoms with van der Waals surface area (Å²) in [5.74, 6) is -0.249. The highest BCUT2D eigenvalue weighted by molar-refractivity contribution is 5.74. The van der Waals surface area contributed by atoms with E-state index in [1.54, 1.807) is 12.1 Å². The molecule has 0 bridgehead atoms. The van der Waals surface area contributed by atoms with Crippen molar-refractivity contribution in [3.8, 4) is 0 Å². The minimum atomic E-state index is -0.249. The van der Waals surface area contributed by atoms with Crippen molar-refractivity contribution in [3.63, 3.8) is 0 Å². The van der Waals surface area contributed by atoms with Gasteiger partial charge in [0.2, 0.25) is 0 Å². The molecular formula is C21H28FN3O. The molecule has 0 saturated heterocycles. The van der Waals surface area contributed by atoms with Gasteiger partial charge >= 0.3 is 6.03 Å². The molecule has 0 aliphatic carbocycles. The highest BCUT2D eigenvalue weighted by atomic mass is 19.1. The summed E-state index contributed by atoms with van der Waals surface area (Å²) < 4.78 is 12.9. The number of likely N-dealkylation sites (N-methyl/N-ethyl adjacent to an activating group) is 1. The standard InChI is InChI=1S/C21H28FN3O/c1-3-25(4-2)16-20(18-8-6-5-7-9-18)24-21(26)23-15-14-17-10-12-19(22)13-11-17/h5-13,20H,3-4,14-16H2,1-2H3,(H2,23,24,26). The molecule has 0 aliphatic rings. The number of hydrogen-bond donors (Lipinski definition) is 2. The van der Waals surface area contributed by atoms with Gasteiger partial charge in [0, 0.05) is 13.1 Å². The fourth-order valence-corrected chi connectivity index (χ4v) is 2.84. The molecule has 2 aromatic carbocycles. The van der Waals surface area contributed by atoms with Crippen LogP contribution in [0.4, 0.5) is 9.18 Å². The number of rotatable bonds is 9. The first-order valence-corrected chi connectivity index (χ1v) is 9.18. The van der Waals surface area contributed by atoms with Crippen molar-refractivity contribution in [1.82, 2.24) is 15.5 Å². The van der Waals surface area contributed by atoms with E-state index in [9.17, 15) is 9.18 Å². The molecule has 2 amide bonds. The van der Waals surface area contributed by atoms with Gasteiger partial charge in [-0.25, -0.2) is 9.18 Å². The normalized spacial score (nSPS) is 12.0. The van der Waals surface area contributed by atoms with Crippen LogP contribution in [0.25, 0.3) is 0 Å². The molecule has 0 spiro atoms. The molecule has 0 radical (unpaired) electrons. The molecule has 26 heavy (non-hydrogen) atoms. The van der Waals surface area contributed by atoms with E-state index in [4.69, 9.17) is 0 Å². The van der Waals surface area contributed by atoms with E-state index in [-0.39, 0.29) is 17.9 Å². The van der Waals surface area contributed by atoms with E-state index in [1.807, 2.05) is 30.3 Å². The second-order valence-corrected chi connectivity index (χ2v) is 6.23. The zero-order valence-corrected chi connectivity index (χ0v) is 15.5. The van der Waals surface area contributed by atoms with Crippen LogP contribution in [0.3, 0.4) is 0 Å². The van der Waals surface area contributed by atoms with Crippen molar-refractivity contribution in [1.29, 1.82) is 0 Å². The van der Waals surface area contributed by atoms with Crippen molar-refractivity contribution in [2.75, 3.05) is 26.2 Å². The third kappa shape index (κ3) is 6.48. The van der Waals surface area contributed by atoms with Crippen LogP contribution in [0.15, 0.2) is 54.6 Å². The van der Waals surface area contributed by atoms with Gasteiger partial charge in [-0.2, -0.15) is 0 Å². The van der Waals surface area contributed by atoms with Crippen LogP contribution in [-0.4, -0.2) is 37.1 Å². The fraction of sp³-hybridized carbons (Fsp3) is 0.381. The van der Waals surface area contributed by atoms with Crippen molar-refractivity contribution in [3.05, 3.63) is 71.5 Å². The summed E-state index contributed by atoms with van der Waals surface area (Å²) in [7, 11) is 0. The Labute approximate surface area is 155 Å². The lowest BCUT2D eigenvalue weighted by Crippen LogP contribution is -2.43. The monoisotopic (exact) mass is 357 g/mol. The van der Waals surface area contributed by atoms with E-state index in [0.717, 1.165) is 30.8 Å². The first-order valence-electron chi connectivity index (χ1n) is 9.18. The Morgan fingerprint density at radius 1 is 1.04 bits per heavy atom. The van der Waals surface area contributed by atoms with Gasteiger partial charge in [0.15, 0.2) is 0 Å². The second-order valence-electron chi connectivity index (χ2n) is 6.23. The average Bonchev–Trinajstić information content (AvgIpc) is 2.67. The molecule has 1 atom stereocenters. The lowest BCUT2D eigenvalue weighted by Gasteiger charge is -2.26. The maximum atomic E-state index is 12.9. The van der Waals surface area contributed by atoms with Crippen LogP contribution < -0.4 is 10.6 Å². The van der Waals surface area contributed by atoms with Gasteiger partial charge in [0.25, 0.3) is 0 Å². The van der Waals surface area contributed by atoms with Gasteiger partial charge in [0.1, 0.15) is 5.82 Å². The molecule has 0 aliphatic heterocycles. The van der Waals surface area contributed by atoms with Crippen LogP contribution >= 0.6 is 0 Å². The van der Waals surface area contributed by atoms with Crippen LogP contribution in [0.2, 0.25) is 0 Å². The quantitative estimate of drug-likeness (QED) is 0.718. The Bertz CT molecular complexity index is 657. The summed E-state index contributed by atoms with van der Waals surface area (Å²) in [6.07, 6.45) is 0.666. The molecule has 0 fully saturated rings. The Morgan fingerprint density at radius 3 is 2.31 bits per heavy atom. The lowest BCUT2D eigenvalue weighted by atomic mass is 10.1. The van der Waals surface area contributed by atoms with Gasteiger partial charge in [-0.15, -0.1) is 0 Å². The molecule has 0 heterocycles. The van der Waals surface area contributed by atoms with Crippen molar-refractivity contribution >= 4 is 6.03 Å². The SMILES string of the molecule is CCN(CC)CC(NC(=O)NCCc1ccc(F)cc1)c1ccccc1. The topological polar surface area (TPSA) is 44.4 Å². The molecule has 2 aromatic rings. The largest absolute Gasteiger partial charge is 0.338 e. The number of urea groups is 1. The Morgan fingerprint density at radius 2 is 1.69 bits per heavy atom. The highest BCUT2D eigenvalue weighted by Gasteiger charge is 2.16. The number of nitrogens with one attached hydrogen (secondary N) is 2. The van der Waals surface area contributed by atoms with Gasteiger partial charge < -0.3 is 15.5 Å². The minimum absolute atomic E-state index is 0.0677. The Kier molecular flexibility index (Phi) is 8.09. The molecule has 4 nitrogen and oxygen atoms in total. The molecule has 1 unspecified atom stereocenters. The maximum absolute atomic E-state index is 12.9. The molecule has 0 aromatic heterocycles. The number of hydrogen-bond acceptors (Lipinski definition) is 2. The molecular weight excluding hydrogens is 329 g/mol. The molecule has 140 valence electrons. The maximum Gasteiger partial charge on any atom is 0.315 e. The predicted octanol–water partition coefficient (Wildman–Crippen LogP) is 3.75. The average molecular weight is 357 g/mol. The van der Waals surface area contributed by atoms with Gasteiger partial charge in [-0.05, 0) is 42.8 Å². The van der Waals surface area contributed by atoms with Gasteiger partial charge in [-0.3, -0.25) is 0 Å². The Hall–Kier alpha value is -2.40. The number of benzene rings is 2. The lowest BCUT2D eigenvalue weighted by molar-refractivity contribution is 0.226. The van der Waals surface area contributed by atoms with Crippen molar-refractivity contribution in [2.24, 2.45) is 0 Å². The van der Waals surface area contributed by atoms with Crippen LogP contribution in [0, 0.1) is 5.82 Å². The molecule has 5 heteroatoms. The molecule has 2 rings (SSSR count). The van der Waals surface area contributed by atoms with Gasteiger partial charge in [-0.1, -0.05) is 56.3 Å². The predicted molar refractivity (Wildman–Crippen MR) is 104 cm³/mol. The van der Waals surface area contributed by atoms with Crippen LogP contribution in [0.5, 0.6) is 0 Å². The first-order chi connectivity index (χ1) is 12.6. The van der Waals surface area contributed by atoms with Crippen LogP contribution in [0.1, 0.15) is 31.0 Å². The third-order valence-electron chi connectivity index (χ3n) is 4.45. The molecule has 2 N–H and O–H groups in total. The highest BCUT2D eigenvalue weighted by Crippen LogP contribution is 2.14. The summed E-state index contributed by atoms with van der Waals surface area (Å²) in [6, 6.07) is 16.1. The number of carbonyl (C=O) groups is 1. The minimum Gasteiger partial charge on any atom is -0.338 e. The molecule has 0 saturated carbocycles. The van der Waals surface area contributed by atoms with Crippen molar-refractivity contribution < 1.29 is 9.18 Å². The van der Waals surface area contributed by atoms with Crippen LogP contribution in [-0.2, 0) is 6.42 Å². The third-order valence-corrected chi connectivity index (χ3v) is 4.45. The van der Waals surface area contributed by atoms with E-state index in [2.05, 4.69) is 29.4 Å². The first kappa shape index (κ1) is 19.9. The second kappa shape index (κ2) is 10.6. The summed E-state index contributed by atoms with van der Waals surface area (Å²) in [4.78, 5) is 14.6. The fourth-order valence-electron chi connectivity index (χ4n) is 2.84. The summed E-state index contributed by atoms with van der Waals surface area (Å²) >= 11 is 0. The van der Waals surface area contributed by atoms with E-state index >= 15 is 0 Å². The number of halogens is 1. The Balaban J connectivity index is 1.89. The van der Waals surface area contributed by atoms with E-state index < -0.39 is 0 Å². The summed E-state index contributed by atoms with van der Waals surface area (Å²) in [5, 5.41) is 5.97. The summed E-state index contributed by atoms with van der Waals surface area (Å²) in [6.45, 7) is 7.39. The zero-order valence-electron chi connectivity index (χ0n) is 15.5. The van der Waals surface area contributed by atoms with Crippen molar-refractivity contribution in [2.45, 2.75) is 26.3 Å². The summed E-state index contributed by atoms with van der Waals surface area (Å²) in [5.41, 5.74) is 2.09. The number of carbonyl (C=O) groups excluding carboxylic acids is 1.